The summed E-state index contributed by atoms with van der Waals surface area (Å²) in [5, 5.41) is 11.0. The monoisotopic (exact) mass is 390 g/mol. The van der Waals surface area contributed by atoms with E-state index in [1.807, 2.05) is 18.3 Å². The second-order valence-corrected chi connectivity index (χ2v) is 7.11. The highest BCUT2D eigenvalue weighted by molar-refractivity contribution is 5.57. The van der Waals surface area contributed by atoms with Gasteiger partial charge < -0.3 is 10.3 Å². The van der Waals surface area contributed by atoms with Gasteiger partial charge in [-0.15, -0.1) is 0 Å². The summed E-state index contributed by atoms with van der Waals surface area (Å²) < 4.78 is 5.49. The molecule has 0 aliphatic heterocycles. The molecule has 29 heavy (non-hydrogen) atoms. The van der Waals surface area contributed by atoms with E-state index in [-0.39, 0.29) is 5.95 Å². The fourth-order valence-electron chi connectivity index (χ4n) is 3.21. The van der Waals surface area contributed by atoms with Gasteiger partial charge in [-0.05, 0) is 25.0 Å². The van der Waals surface area contributed by atoms with Crippen LogP contribution >= 0.6 is 0 Å². The van der Waals surface area contributed by atoms with Gasteiger partial charge in [0.15, 0.2) is 5.82 Å². The predicted molar refractivity (Wildman–Crippen MR) is 108 cm³/mol. The molecule has 0 fully saturated rings. The molecular weight excluding hydrogens is 368 g/mol. The van der Waals surface area contributed by atoms with Crippen molar-refractivity contribution in [2.24, 2.45) is 0 Å². The molecule has 4 aromatic rings. The Balaban J connectivity index is 1.68. The van der Waals surface area contributed by atoms with Crippen molar-refractivity contribution in [3.05, 3.63) is 54.5 Å². The summed E-state index contributed by atoms with van der Waals surface area (Å²) >= 11 is 0. The van der Waals surface area contributed by atoms with E-state index in [1.165, 1.54) is 0 Å². The lowest BCUT2D eigenvalue weighted by molar-refractivity contribution is 0.389. The number of anilines is 1. The Morgan fingerprint density at radius 3 is 2.55 bits per heavy atom. The quantitative estimate of drug-likeness (QED) is 0.491. The summed E-state index contributed by atoms with van der Waals surface area (Å²) in [5.74, 6) is 1.32. The molecule has 0 amide bonds. The lowest BCUT2D eigenvalue weighted by atomic mass is 9.78. The maximum Gasteiger partial charge on any atom is 0.261 e. The summed E-state index contributed by atoms with van der Waals surface area (Å²) in [6.45, 7) is 4.28. The largest absolute Gasteiger partial charge is 0.368 e. The standard InChI is InChI=1S/C20H22N8O/c1-3-4-7-20(2,18-27-17(29-28-18)14-10-25-26-11-14)15-5-6-16(22-12-15)13-8-23-19(21)24-9-13/h5-6,8-12H,3-4,7H2,1-2H3,(H,25,26)(H2,21,23,24)/t20-/m1/s1. The number of nitrogens with two attached hydrogens (primary N) is 1. The molecule has 0 bridgehead atoms. The Labute approximate surface area is 167 Å². The molecule has 4 aromatic heterocycles. The van der Waals surface area contributed by atoms with E-state index in [0.29, 0.717) is 11.7 Å². The molecule has 0 spiro atoms. The molecule has 0 aliphatic carbocycles. The lowest BCUT2D eigenvalue weighted by Gasteiger charge is -2.26. The number of H-pyrrole nitrogens is 1. The number of hydrogen-bond acceptors (Lipinski definition) is 8. The molecule has 3 N–H and O–H groups in total. The number of aromatic amines is 1. The van der Waals surface area contributed by atoms with Crippen LogP contribution in [0, 0.1) is 0 Å². The summed E-state index contributed by atoms with van der Waals surface area (Å²) in [6.07, 6.45) is 11.5. The SMILES string of the molecule is CCCC[C@](C)(c1ccc(-c2cnc(N)nc2)nc1)c1noc(-c2cn[nH]c2)n1. The van der Waals surface area contributed by atoms with Gasteiger partial charge in [0.1, 0.15) is 0 Å². The maximum absolute atomic E-state index is 5.56. The van der Waals surface area contributed by atoms with Crippen LogP contribution in [0.2, 0.25) is 0 Å². The third kappa shape index (κ3) is 3.71. The van der Waals surface area contributed by atoms with Gasteiger partial charge in [-0.3, -0.25) is 10.1 Å². The van der Waals surface area contributed by atoms with Gasteiger partial charge in [-0.2, -0.15) is 10.1 Å². The molecule has 0 saturated heterocycles. The Morgan fingerprint density at radius 2 is 1.90 bits per heavy atom. The predicted octanol–water partition coefficient (Wildman–Crippen LogP) is 3.39. The number of pyridine rings is 1. The molecule has 9 nitrogen and oxygen atoms in total. The van der Waals surface area contributed by atoms with E-state index in [4.69, 9.17) is 10.3 Å². The second-order valence-electron chi connectivity index (χ2n) is 7.11. The second kappa shape index (κ2) is 7.78. The van der Waals surface area contributed by atoms with Crippen molar-refractivity contribution in [3.63, 3.8) is 0 Å². The molecule has 4 rings (SSSR count). The van der Waals surface area contributed by atoms with Crippen molar-refractivity contribution in [1.82, 2.24) is 35.3 Å². The van der Waals surface area contributed by atoms with E-state index < -0.39 is 5.41 Å². The molecule has 0 aromatic carbocycles. The Morgan fingerprint density at radius 1 is 1.07 bits per heavy atom. The molecule has 0 unspecified atom stereocenters. The van der Waals surface area contributed by atoms with Gasteiger partial charge in [0.25, 0.3) is 5.89 Å². The lowest BCUT2D eigenvalue weighted by Crippen LogP contribution is -2.25. The molecule has 148 valence electrons. The highest BCUT2D eigenvalue weighted by atomic mass is 16.5. The van der Waals surface area contributed by atoms with Gasteiger partial charge in [-0.25, -0.2) is 9.97 Å². The van der Waals surface area contributed by atoms with Gasteiger partial charge in [0.05, 0.1) is 22.9 Å². The van der Waals surface area contributed by atoms with Crippen molar-refractivity contribution in [2.75, 3.05) is 5.73 Å². The zero-order chi connectivity index (χ0) is 20.3. The summed E-state index contributed by atoms with van der Waals surface area (Å²) in [5.41, 5.74) is 8.50. The third-order valence-corrected chi connectivity index (χ3v) is 5.06. The average molecular weight is 390 g/mol. The van der Waals surface area contributed by atoms with Crippen LogP contribution in [0.5, 0.6) is 0 Å². The van der Waals surface area contributed by atoms with Crippen molar-refractivity contribution in [3.8, 4) is 22.7 Å². The summed E-state index contributed by atoms with van der Waals surface area (Å²) in [6, 6.07) is 3.99. The Kier molecular flexibility index (Phi) is 5.03. The third-order valence-electron chi connectivity index (χ3n) is 5.06. The summed E-state index contributed by atoms with van der Waals surface area (Å²) in [7, 11) is 0. The van der Waals surface area contributed by atoms with Gasteiger partial charge >= 0.3 is 0 Å². The minimum Gasteiger partial charge on any atom is -0.368 e. The van der Waals surface area contributed by atoms with Gasteiger partial charge in [0.2, 0.25) is 5.95 Å². The number of nitrogen functional groups attached to an aromatic ring is 1. The van der Waals surface area contributed by atoms with E-state index in [2.05, 4.69) is 49.1 Å². The minimum absolute atomic E-state index is 0.239. The van der Waals surface area contributed by atoms with Crippen LogP contribution in [0.25, 0.3) is 22.7 Å². The summed E-state index contributed by atoms with van der Waals surface area (Å²) in [4.78, 5) is 17.3. The topological polar surface area (TPSA) is 132 Å². The number of rotatable bonds is 7. The first-order chi connectivity index (χ1) is 14.1. The first-order valence-electron chi connectivity index (χ1n) is 9.48. The Bertz CT molecular complexity index is 1060. The van der Waals surface area contributed by atoms with Crippen molar-refractivity contribution < 1.29 is 4.52 Å². The van der Waals surface area contributed by atoms with Crippen LogP contribution in [0.3, 0.4) is 0 Å². The van der Waals surface area contributed by atoms with Crippen LogP contribution in [-0.4, -0.2) is 35.3 Å². The normalized spacial score (nSPS) is 13.3. The first kappa shape index (κ1) is 18.7. The van der Waals surface area contributed by atoms with Crippen molar-refractivity contribution in [2.45, 2.75) is 38.5 Å². The molecule has 9 heteroatoms. The number of unbranched alkanes of at least 4 members (excludes halogenated alkanes) is 1. The van der Waals surface area contributed by atoms with Crippen LogP contribution < -0.4 is 5.73 Å². The highest BCUT2D eigenvalue weighted by Crippen LogP contribution is 2.36. The van der Waals surface area contributed by atoms with Gasteiger partial charge in [-0.1, -0.05) is 31.0 Å². The number of hydrogen-bond donors (Lipinski definition) is 2. The highest BCUT2D eigenvalue weighted by Gasteiger charge is 2.34. The molecular formula is C20H22N8O. The number of nitrogens with zero attached hydrogens (tertiary/aromatic N) is 6. The fraction of sp³-hybridized carbons (Fsp3) is 0.300. The van der Waals surface area contributed by atoms with Crippen LogP contribution in [0.4, 0.5) is 5.95 Å². The molecule has 0 aliphatic rings. The zero-order valence-electron chi connectivity index (χ0n) is 16.3. The number of aromatic nitrogens is 7. The zero-order valence-corrected chi connectivity index (χ0v) is 16.3. The van der Waals surface area contributed by atoms with E-state index in [1.54, 1.807) is 24.8 Å². The first-order valence-corrected chi connectivity index (χ1v) is 9.48. The molecule has 0 radical (unpaired) electrons. The molecule has 0 saturated carbocycles. The average Bonchev–Trinajstić information content (AvgIpc) is 3.45. The smallest absolute Gasteiger partial charge is 0.261 e. The Hall–Kier alpha value is -3.62. The number of nitrogens with one attached hydrogen (secondary N) is 1. The molecule has 1 atom stereocenters. The minimum atomic E-state index is -0.426. The maximum atomic E-state index is 5.56. The van der Waals surface area contributed by atoms with Gasteiger partial charge in [0, 0.05) is 30.4 Å². The van der Waals surface area contributed by atoms with Crippen molar-refractivity contribution in [1.29, 1.82) is 0 Å². The van der Waals surface area contributed by atoms with Crippen LogP contribution in [-0.2, 0) is 5.41 Å². The van der Waals surface area contributed by atoms with E-state index in [9.17, 15) is 0 Å². The van der Waals surface area contributed by atoms with Crippen LogP contribution in [0.1, 0.15) is 44.5 Å². The van der Waals surface area contributed by atoms with E-state index >= 15 is 0 Å². The fourth-order valence-corrected chi connectivity index (χ4v) is 3.21. The van der Waals surface area contributed by atoms with E-state index in [0.717, 1.165) is 41.6 Å². The van der Waals surface area contributed by atoms with Crippen molar-refractivity contribution >= 4 is 5.95 Å². The molecule has 4 heterocycles. The van der Waals surface area contributed by atoms with Crippen LogP contribution in [0.15, 0.2) is 47.6 Å².